The topological polar surface area (TPSA) is 91.0 Å². The summed E-state index contributed by atoms with van der Waals surface area (Å²) in [5, 5.41) is 7.86. The molecule has 4 aromatic rings. The molecule has 1 aliphatic heterocycles. The van der Waals surface area contributed by atoms with E-state index >= 15 is 0 Å². The fourth-order valence-electron chi connectivity index (χ4n) is 5.10. The van der Waals surface area contributed by atoms with Gasteiger partial charge in [-0.2, -0.15) is 0 Å². The van der Waals surface area contributed by atoms with Crippen molar-refractivity contribution in [2.24, 2.45) is 0 Å². The van der Waals surface area contributed by atoms with Crippen molar-refractivity contribution in [3.05, 3.63) is 99.2 Å². The fraction of sp³-hybridized carbons (Fsp3) is 0.219. The minimum Gasteiger partial charge on any atom is -0.496 e. The van der Waals surface area contributed by atoms with Crippen LogP contribution in [0.2, 0.25) is 5.02 Å². The van der Waals surface area contributed by atoms with Gasteiger partial charge in [0.05, 0.1) is 37.6 Å². The molecule has 8 nitrogen and oxygen atoms in total. The Kier molecular flexibility index (Phi) is 9.00. The van der Waals surface area contributed by atoms with Crippen molar-refractivity contribution in [2.45, 2.75) is 25.6 Å². The first kappa shape index (κ1) is 30.5. The minimum absolute atomic E-state index is 0.0716. The predicted octanol–water partition coefficient (Wildman–Crippen LogP) is 5.69. The van der Waals surface area contributed by atoms with E-state index in [1.165, 1.54) is 34.1 Å². The summed E-state index contributed by atoms with van der Waals surface area (Å²) in [6.45, 7) is 1.56. The highest BCUT2D eigenvalue weighted by molar-refractivity contribution is 9.10. The molecule has 0 aliphatic carbocycles. The van der Waals surface area contributed by atoms with Gasteiger partial charge in [0.15, 0.2) is 0 Å². The zero-order valence-corrected chi connectivity index (χ0v) is 26.0. The summed E-state index contributed by atoms with van der Waals surface area (Å²) in [5.74, 6) is -1.23. The summed E-state index contributed by atoms with van der Waals surface area (Å²) in [7, 11) is 3.20. The SMILES string of the molecule is CNC(C)C(=O)N[C@H]1CN(C(=O)c2ccc(F)cc2)c2cc(Cl)ccc2N(Cc2c(OC)ccc3cc(Br)ccc23)C1=O. The smallest absolute Gasteiger partial charge is 0.258 e. The Morgan fingerprint density at radius 3 is 2.51 bits per heavy atom. The van der Waals surface area contributed by atoms with E-state index in [9.17, 15) is 18.8 Å². The second-order valence-electron chi connectivity index (χ2n) is 10.2. The van der Waals surface area contributed by atoms with Crippen LogP contribution in [0.4, 0.5) is 15.8 Å². The van der Waals surface area contributed by atoms with Gasteiger partial charge in [0.1, 0.15) is 17.6 Å². The number of nitrogens with zero attached hydrogens (tertiary/aromatic N) is 2. The third-order valence-electron chi connectivity index (χ3n) is 7.51. The molecule has 2 atom stereocenters. The minimum atomic E-state index is -1.12. The highest BCUT2D eigenvalue weighted by Gasteiger charge is 2.38. The molecule has 43 heavy (non-hydrogen) atoms. The molecule has 0 spiro atoms. The molecule has 0 fully saturated rings. The van der Waals surface area contributed by atoms with Crippen molar-refractivity contribution in [1.82, 2.24) is 10.6 Å². The Morgan fingerprint density at radius 2 is 1.81 bits per heavy atom. The quantitative estimate of drug-likeness (QED) is 0.265. The molecule has 0 radical (unpaired) electrons. The highest BCUT2D eigenvalue weighted by Crippen LogP contribution is 2.39. The number of carbonyl (C=O) groups excluding carboxylic acids is 3. The molecule has 5 rings (SSSR count). The summed E-state index contributed by atoms with van der Waals surface area (Å²) in [4.78, 5) is 44.3. The number of ether oxygens (including phenoxy) is 1. The summed E-state index contributed by atoms with van der Waals surface area (Å²) in [5.41, 5.74) is 1.74. The Balaban J connectivity index is 1.68. The second-order valence-corrected chi connectivity index (χ2v) is 11.5. The normalized spacial score (nSPS) is 15.6. The van der Waals surface area contributed by atoms with Gasteiger partial charge in [0.2, 0.25) is 5.91 Å². The number of halogens is 3. The maximum Gasteiger partial charge on any atom is 0.258 e. The lowest BCUT2D eigenvalue weighted by Gasteiger charge is -2.27. The first-order valence-corrected chi connectivity index (χ1v) is 14.7. The number of benzene rings is 4. The van der Waals surface area contributed by atoms with E-state index < -0.39 is 35.6 Å². The predicted molar refractivity (Wildman–Crippen MR) is 169 cm³/mol. The zero-order valence-electron chi connectivity index (χ0n) is 23.7. The van der Waals surface area contributed by atoms with Gasteiger partial charge in [-0.1, -0.05) is 39.7 Å². The van der Waals surface area contributed by atoms with Crippen molar-refractivity contribution >= 4 is 67.4 Å². The molecule has 11 heteroatoms. The van der Waals surface area contributed by atoms with E-state index in [4.69, 9.17) is 16.3 Å². The zero-order chi connectivity index (χ0) is 30.8. The first-order valence-electron chi connectivity index (χ1n) is 13.5. The number of hydrogen-bond donors (Lipinski definition) is 2. The van der Waals surface area contributed by atoms with Crippen LogP contribution in [0.25, 0.3) is 10.8 Å². The van der Waals surface area contributed by atoms with Crippen LogP contribution in [0.3, 0.4) is 0 Å². The van der Waals surface area contributed by atoms with Gasteiger partial charge in [0.25, 0.3) is 11.8 Å². The van der Waals surface area contributed by atoms with Gasteiger partial charge in [-0.25, -0.2) is 4.39 Å². The number of hydrogen-bond acceptors (Lipinski definition) is 5. The monoisotopic (exact) mass is 666 g/mol. The van der Waals surface area contributed by atoms with Crippen LogP contribution in [0.5, 0.6) is 5.75 Å². The van der Waals surface area contributed by atoms with E-state index in [2.05, 4.69) is 26.6 Å². The maximum atomic E-state index is 14.4. The van der Waals surface area contributed by atoms with Crippen LogP contribution in [-0.2, 0) is 16.1 Å². The fourth-order valence-corrected chi connectivity index (χ4v) is 5.65. The number of rotatable bonds is 7. The first-order chi connectivity index (χ1) is 20.6. The number of carbonyl (C=O) groups is 3. The Labute approximate surface area is 261 Å². The molecule has 0 saturated heterocycles. The van der Waals surface area contributed by atoms with Crippen LogP contribution in [-0.4, -0.2) is 50.5 Å². The molecule has 1 aliphatic rings. The third-order valence-corrected chi connectivity index (χ3v) is 8.24. The van der Waals surface area contributed by atoms with Gasteiger partial charge < -0.3 is 25.2 Å². The summed E-state index contributed by atoms with van der Waals surface area (Å²) in [6.07, 6.45) is 0. The van der Waals surface area contributed by atoms with Gasteiger partial charge in [-0.15, -0.1) is 0 Å². The molecular weight excluding hydrogens is 639 g/mol. The maximum absolute atomic E-state index is 14.4. The number of likely N-dealkylation sites (N-methyl/N-ethyl adjacent to an activating group) is 1. The van der Waals surface area contributed by atoms with Gasteiger partial charge in [-0.05, 0) is 85.4 Å². The lowest BCUT2D eigenvalue weighted by atomic mass is 10.0. The van der Waals surface area contributed by atoms with Crippen molar-refractivity contribution in [3.8, 4) is 5.75 Å². The van der Waals surface area contributed by atoms with E-state index in [0.717, 1.165) is 20.8 Å². The number of nitrogens with one attached hydrogen (secondary N) is 2. The van der Waals surface area contributed by atoms with Crippen LogP contribution >= 0.6 is 27.5 Å². The Hall–Kier alpha value is -3.99. The van der Waals surface area contributed by atoms with Gasteiger partial charge in [-0.3, -0.25) is 14.4 Å². The van der Waals surface area contributed by atoms with Crippen LogP contribution < -0.4 is 25.2 Å². The molecule has 222 valence electrons. The number of methoxy groups -OCH3 is 1. The molecule has 1 unspecified atom stereocenters. The average Bonchev–Trinajstić information content (AvgIpc) is 3.10. The van der Waals surface area contributed by atoms with Crippen molar-refractivity contribution in [2.75, 3.05) is 30.5 Å². The third kappa shape index (κ3) is 6.22. The summed E-state index contributed by atoms with van der Waals surface area (Å²) >= 11 is 9.96. The van der Waals surface area contributed by atoms with E-state index in [1.54, 1.807) is 39.3 Å². The van der Waals surface area contributed by atoms with Crippen LogP contribution in [0, 0.1) is 5.82 Å². The van der Waals surface area contributed by atoms with Crippen molar-refractivity contribution < 1.29 is 23.5 Å². The van der Waals surface area contributed by atoms with Crippen molar-refractivity contribution in [1.29, 1.82) is 0 Å². The molecule has 2 N–H and O–H groups in total. The van der Waals surface area contributed by atoms with Crippen LogP contribution in [0.15, 0.2) is 77.3 Å². The Morgan fingerprint density at radius 1 is 1.07 bits per heavy atom. The molecule has 4 aromatic carbocycles. The molecule has 1 heterocycles. The van der Waals surface area contributed by atoms with Gasteiger partial charge in [0, 0.05) is 20.6 Å². The average molecular weight is 668 g/mol. The Bertz CT molecular complexity index is 1720. The lowest BCUT2D eigenvalue weighted by Crippen LogP contribution is -2.55. The van der Waals surface area contributed by atoms with Gasteiger partial charge >= 0.3 is 0 Å². The highest BCUT2D eigenvalue weighted by atomic mass is 79.9. The lowest BCUT2D eigenvalue weighted by molar-refractivity contribution is -0.128. The molecule has 3 amide bonds. The summed E-state index contributed by atoms with van der Waals surface area (Å²) < 4.78 is 20.3. The number of fused-ring (bicyclic) bond motifs is 2. The largest absolute Gasteiger partial charge is 0.496 e. The number of anilines is 2. The van der Waals surface area contributed by atoms with Crippen LogP contribution in [0.1, 0.15) is 22.8 Å². The van der Waals surface area contributed by atoms with Crippen molar-refractivity contribution in [3.63, 3.8) is 0 Å². The second kappa shape index (κ2) is 12.7. The number of amides is 3. The molecule has 0 saturated carbocycles. The van der Waals surface area contributed by atoms with E-state index in [0.29, 0.717) is 22.1 Å². The molecule has 0 bridgehead atoms. The van der Waals surface area contributed by atoms with E-state index in [1.807, 2.05) is 30.3 Å². The molecular formula is C32H29BrClFN4O4. The molecule has 0 aromatic heterocycles. The van der Waals surface area contributed by atoms with E-state index in [-0.39, 0.29) is 18.7 Å². The standard InChI is InChI=1S/C32H29BrClFN4O4/c1-18(36-2)30(40)37-26-17-39(31(41)19-4-9-23(35)10-5-19)28-15-22(34)8-12-27(28)38(32(26)42)16-25-24-11-7-21(33)14-20(24)6-13-29(25)43-3/h4-15,18,26,36H,16-17H2,1-3H3,(H,37,40)/t18?,26-/m0/s1. The summed E-state index contributed by atoms with van der Waals surface area (Å²) in [6, 6.07) is 18.0.